The lowest BCUT2D eigenvalue weighted by atomic mass is 9.86. The van der Waals surface area contributed by atoms with Crippen LogP contribution in [0.2, 0.25) is 0 Å². The van der Waals surface area contributed by atoms with Crippen molar-refractivity contribution < 1.29 is 14.2 Å². The molecule has 4 atom stereocenters. The molecule has 0 aromatic heterocycles. The Labute approximate surface area is 80.4 Å². The second-order valence-corrected chi connectivity index (χ2v) is 4.03. The quantitative estimate of drug-likeness (QED) is 0.659. The molecule has 0 radical (unpaired) electrons. The third kappa shape index (κ3) is 2.03. The van der Waals surface area contributed by atoms with E-state index in [0.29, 0.717) is 0 Å². The van der Waals surface area contributed by atoms with E-state index in [4.69, 9.17) is 14.2 Å². The van der Waals surface area contributed by atoms with Crippen molar-refractivity contribution in [1.82, 2.24) is 0 Å². The minimum atomic E-state index is -0.216. The highest BCUT2D eigenvalue weighted by atomic mass is 16.6. The van der Waals surface area contributed by atoms with Crippen LogP contribution in [0.5, 0.6) is 0 Å². The van der Waals surface area contributed by atoms with Crippen LogP contribution < -0.4 is 0 Å². The van der Waals surface area contributed by atoms with E-state index in [1.165, 1.54) is 0 Å². The molecular weight excluding hydrogens is 168 g/mol. The van der Waals surface area contributed by atoms with E-state index in [9.17, 15) is 0 Å². The molecule has 13 heavy (non-hydrogen) atoms. The van der Waals surface area contributed by atoms with E-state index in [-0.39, 0.29) is 23.9 Å². The molecular formula is C10H20O3. The molecule has 3 heteroatoms. The summed E-state index contributed by atoms with van der Waals surface area (Å²) < 4.78 is 16.6. The number of ether oxygens (including phenoxy) is 3. The van der Waals surface area contributed by atoms with Gasteiger partial charge in [-0.05, 0) is 20.8 Å². The Bertz CT molecular complexity index is 172. The monoisotopic (exact) mass is 188 g/mol. The lowest BCUT2D eigenvalue weighted by molar-refractivity contribution is -0.219. The van der Waals surface area contributed by atoms with Crippen molar-refractivity contribution in [2.45, 2.75) is 51.1 Å². The predicted molar refractivity (Wildman–Crippen MR) is 50.8 cm³/mol. The zero-order valence-electron chi connectivity index (χ0n) is 9.16. The molecule has 0 bridgehead atoms. The summed E-state index contributed by atoms with van der Waals surface area (Å²) in [4.78, 5) is 0. The SMILES string of the molecule is CO[C@H]1C(C)O[C@@H](C)C[C@@]1(C)OC. The molecule has 1 saturated heterocycles. The first-order valence-electron chi connectivity index (χ1n) is 4.77. The van der Waals surface area contributed by atoms with Crippen molar-refractivity contribution in [3.63, 3.8) is 0 Å². The van der Waals surface area contributed by atoms with Crippen molar-refractivity contribution in [1.29, 1.82) is 0 Å². The maximum atomic E-state index is 5.68. The zero-order valence-corrected chi connectivity index (χ0v) is 9.16. The molecule has 0 aromatic carbocycles. The summed E-state index contributed by atoms with van der Waals surface area (Å²) in [6.07, 6.45) is 1.24. The minimum Gasteiger partial charge on any atom is -0.376 e. The first-order chi connectivity index (χ1) is 6.03. The molecule has 0 amide bonds. The lowest BCUT2D eigenvalue weighted by Gasteiger charge is -2.45. The van der Waals surface area contributed by atoms with Gasteiger partial charge in [-0.2, -0.15) is 0 Å². The molecule has 0 saturated carbocycles. The summed E-state index contributed by atoms with van der Waals surface area (Å²) in [7, 11) is 3.44. The van der Waals surface area contributed by atoms with Gasteiger partial charge in [0, 0.05) is 20.6 Å². The van der Waals surface area contributed by atoms with Gasteiger partial charge in [-0.15, -0.1) is 0 Å². The second kappa shape index (κ2) is 3.95. The number of hydrogen-bond donors (Lipinski definition) is 0. The normalized spacial score (nSPS) is 46.4. The predicted octanol–water partition coefficient (Wildman–Crippen LogP) is 1.60. The van der Waals surface area contributed by atoms with Crippen LogP contribution in [-0.4, -0.2) is 38.1 Å². The Balaban J connectivity index is 2.77. The van der Waals surface area contributed by atoms with Crippen LogP contribution in [0.15, 0.2) is 0 Å². The van der Waals surface area contributed by atoms with Gasteiger partial charge in [0.1, 0.15) is 6.10 Å². The van der Waals surface area contributed by atoms with Crippen molar-refractivity contribution in [2.75, 3.05) is 14.2 Å². The third-order valence-electron chi connectivity index (χ3n) is 2.89. The zero-order chi connectivity index (χ0) is 10.1. The molecule has 1 aliphatic heterocycles. The highest BCUT2D eigenvalue weighted by molar-refractivity contribution is 4.94. The average molecular weight is 188 g/mol. The summed E-state index contributed by atoms with van der Waals surface area (Å²) in [5.41, 5.74) is -0.216. The van der Waals surface area contributed by atoms with E-state index >= 15 is 0 Å². The van der Waals surface area contributed by atoms with Gasteiger partial charge in [-0.1, -0.05) is 0 Å². The lowest BCUT2D eigenvalue weighted by Crippen LogP contribution is -2.55. The summed E-state index contributed by atoms with van der Waals surface area (Å²) >= 11 is 0. The van der Waals surface area contributed by atoms with E-state index in [1.54, 1.807) is 14.2 Å². The largest absolute Gasteiger partial charge is 0.376 e. The Morgan fingerprint density at radius 3 is 2.38 bits per heavy atom. The van der Waals surface area contributed by atoms with Crippen molar-refractivity contribution in [3.05, 3.63) is 0 Å². The standard InChI is InChI=1S/C10H20O3/c1-7-6-10(3,12-5)9(11-4)8(2)13-7/h7-9H,6H2,1-5H3/t7-,8?,9-,10+/m0/s1. The van der Waals surface area contributed by atoms with Crippen molar-refractivity contribution >= 4 is 0 Å². The van der Waals surface area contributed by atoms with Crippen LogP contribution >= 0.6 is 0 Å². The van der Waals surface area contributed by atoms with Gasteiger partial charge in [0.05, 0.1) is 17.8 Å². The summed E-state index contributed by atoms with van der Waals surface area (Å²) in [5, 5.41) is 0. The molecule has 1 aliphatic rings. The van der Waals surface area contributed by atoms with E-state index in [2.05, 4.69) is 13.8 Å². The highest BCUT2D eigenvalue weighted by Gasteiger charge is 2.44. The van der Waals surface area contributed by atoms with Gasteiger partial charge < -0.3 is 14.2 Å². The van der Waals surface area contributed by atoms with E-state index in [1.807, 2.05) is 6.92 Å². The van der Waals surface area contributed by atoms with Gasteiger partial charge >= 0.3 is 0 Å². The molecule has 1 heterocycles. The fourth-order valence-electron chi connectivity index (χ4n) is 2.31. The Hall–Kier alpha value is -0.120. The first kappa shape index (κ1) is 11.0. The second-order valence-electron chi connectivity index (χ2n) is 4.03. The minimum absolute atomic E-state index is 0.0219. The molecule has 3 nitrogen and oxygen atoms in total. The molecule has 0 aliphatic carbocycles. The first-order valence-corrected chi connectivity index (χ1v) is 4.77. The van der Waals surface area contributed by atoms with Crippen LogP contribution in [0.25, 0.3) is 0 Å². The van der Waals surface area contributed by atoms with Crippen LogP contribution in [0.3, 0.4) is 0 Å². The van der Waals surface area contributed by atoms with E-state index < -0.39 is 0 Å². The Morgan fingerprint density at radius 1 is 1.31 bits per heavy atom. The van der Waals surface area contributed by atoms with Gasteiger partial charge in [0.15, 0.2) is 0 Å². The topological polar surface area (TPSA) is 27.7 Å². The van der Waals surface area contributed by atoms with Gasteiger partial charge in [0.25, 0.3) is 0 Å². The Kier molecular flexibility index (Phi) is 3.33. The molecule has 0 N–H and O–H groups in total. The fraction of sp³-hybridized carbons (Fsp3) is 1.00. The maximum absolute atomic E-state index is 5.68. The van der Waals surface area contributed by atoms with Crippen LogP contribution in [0.1, 0.15) is 27.2 Å². The summed E-state index contributed by atoms with van der Waals surface area (Å²) in [5.74, 6) is 0. The van der Waals surface area contributed by atoms with Crippen molar-refractivity contribution in [3.8, 4) is 0 Å². The van der Waals surface area contributed by atoms with Crippen LogP contribution in [-0.2, 0) is 14.2 Å². The average Bonchev–Trinajstić information content (AvgIpc) is 2.03. The van der Waals surface area contributed by atoms with Crippen LogP contribution in [0, 0.1) is 0 Å². The summed E-state index contributed by atoms with van der Waals surface area (Å²) in [6.45, 7) is 6.18. The highest BCUT2D eigenvalue weighted by Crippen LogP contribution is 2.33. The molecule has 1 unspecified atom stereocenters. The molecule has 1 fully saturated rings. The van der Waals surface area contributed by atoms with Crippen molar-refractivity contribution in [2.24, 2.45) is 0 Å². The van der Waals surface area contributed by atoms with Gasteiger partial charge in [-0.25, -0.2) is 0 Å². The van der Waals surface area contributed by atoms with Crippen LogP contribution in [0.4, 0.5) is 0 Å². The molecule has 0 aromatic rings. The third-order valence-corrected chi connectivity index (χ3v) is 2.89. The number of rotatable bonds is 2. The summed E-state index contributed by atoms with van der Waals surface area (Å²) in [6, 6.07) is 0. The fourth-order valence-corrected chi connectivity index (χ4v) is 2.31. The van der Waals surface area contributed by atoms with Gasteiger partial charge in [-0.3, -0.25) is 0 Å². The number of hydrogen-bond acceptors (Lipinski definition) is 3. The number of methoxy groups -OCH3 is 2. The Morgan fingerprint density at radius 2 is 1.92 bits per heavy atom. The molecule has 78 valence electrons. The molecule has 1 rings (SSSR count). The smallest absolute Gasteiger partial charge is 0.112 e. The van der Waals surface area contributed by atoms with E-state index in [0.717, 1.165) is 6.42 Å². The van der Waals surface area contributed by atoms with Gasteiger partial charge in [0.2, 0.25) is 0 Å². The molecule has 0 spiro atoms. The maximum Gasteiger partial charge on any atom is 0.112 e.